The summed E-state index contributed by atoms with van der Waals surface area (Å²) in [5, 5.41) is 25.6. The molecule has 2 heterocycles. The standard InChI is InChI=1S/C50H30N4/c51-31-33-26-39(32-52)50(43(27-33)38-20-23-42-41-18-10-11-19-46(41)53(49(42)30-38)40-16-8-3-9-17-40)54-47-24-21-36(34-12-4-1-5-13-34)28-44(47)45-29-37(22-25-48(45)54)35-14-6-2-7-15-35/h1-30H. The van der Waals surface area contributed by atoms with Crippen LogP contribution in [0.1, 0.15) is 11.1 Å². The Balaban J connectivity index is 1.29. The van der Waals surface area contributed by atoms with Crippen molar-refractivity contribution in [1.29, 1.82) is 10.5 Å². The molecule has 10 aromatic rings. The number of nitrogens with zero attached hydrogens (tertiary/aromatic N) is 4. The van der Waals surface area contributed by atoms with Gasteiger partial charge in [0, 0.05) is 32.8 Å². The molecule has 2 aromatic heterocycles. The van der Waals surface area contributed by atoms with Crippen molar-refractivity contribution in [3.63, 3.8) is 0 Å². The Bertz CT molecular complexity index is 3060. The van der Waals surface area contributed by atoms with Crippen LogP contribution in [0.2, 0.25) is 0 Å². The van der Waals surface area contributed by atoms with E-state index in [1.807, 2.05) is 24.3 Å². The van der Waals surface area contributed by atoms with E-state index in [1.165, 1.54) is 0 Å². The molecule has 0 aliphatic rings. The van der Waals surface area contributed by atoms with Crippen LogP contribution in [-0.2, 0) is 0 Å². The largest absolute Gasteiger partial charge is 0.309 e. The Hall–Kier alpha value is -7.66. The fraction of sp³-hybridized carbons (Fsp3) is 0. The monoisotopic (exact) mass is 686 g/mol. The highest BCUT2D eigenvalue weighted by Crippen LogP contribution is 2.42. The van der Waals surface area contributed by atoms with Crippen molar-refractivity contribution >= 4 is 43.6 Å². The third-order valence-electron chi connectivity index (χ3n) is 10.6. The number of nitriles is 2. The maximum absolute atomic E-state index is 10.8. The van der Waals surface area contributed by atoms with Crippen LogP contribution in [0.25, 0.3) is 88.4 Å². The molecule has 0 spiro atoms. The molecule has 0 unspecified atom stereocenters. The van der Waals surface area contributed by atoms with Gasteiger partial charge >= 0.3 is 0 Å². The Kier molecular flexibility index (Phi) is 7.22. The van der Waals surface area contributed by atoms with E-state index in [9.17, 15) is 10.5 Å². The first-order valence-electron chi connectivity index (χ1n) is 18.0. The lowest BCUT2D eigenvalue weighted by Crippen LogP contribution is -2.02. The van der Waals surface area contributed by atoms with Crippen LogP contribution < -0.4 is 0 Å². The lowest BCUT2D eigenvalue weighted by atomic mass is 9.96. The van der Waals surface area contributed by atoms with Crippen LogP contribution in [0, 0.1) is 22.7 Å². The zero-order valence-corrected chi connectivity index (χ0v) is 29.1. The van der Waals surface area contributed by atoms with Gasteiger partial charge in [0.05, 0.1) is 45.0 Å². The number of aromatic nitrogens is 2. The minimum atomic E-state index is 0.436. The van der Waals surface area contributed by atoms with Gasteiger partial charge in [0.2, 0.25) is 0 Å². The predicted octanol–water partition coefficient (Wildman–Crippen LogP) is 12.6. The zero-order valence-electron chi connectivity index (χ0n) is 29.1. The molecule has 8 aromatic carbocycles. The molecule has 0 N–H and O–H groups in total. The highest BCUT2D eigenvalue weighted by atomic mass is 15.0. The lowest BCUT2D eigenvalue weighted by molar-refractivity contribution is 1.16. The first-order valence-corrected chi connectivity index (χ1v) is 18.0. The number of hydrogen-bond acceptors (Lipinski definition) is 2. The van der Waals surface area contributed by atoms with Crippen molar-refractivity contribution in [1.82, 2.24) is 9.13 Å². The first-order chi connectivity index (χ1) is 26.7. The average Bonchev–Trinajstić information content (AvgIpc) is 3.75. The van der Waals surface area contributed by atoms with E-state index < -0.39 is 0 Å². The molecule has 10 rings (SSSR count). The summed E-state index contributed by atoms with van der Waals surface area (Å²) in [5.74, 6) is 0. The number of para-hydroxylation sites is 2. The molecule has 0 radical (unpaired) electrons. The Morgan fingerprint density at radius 3 is 1.50 bits per heavy atom. The number of benzene rings is 8. The SMILES string of the molecule is N#Cc1cc(C#N)c(-n2c3ccc(-c4ccccc4)cc3c3cc(-c4ccccc4)ccc32)c(-c2ccc3c4ccccc4n(-c4ccccc4)c3c2)c1. The van der Waals surface area contributed by atoms with E-state index in [0.29, 0.717) is 11.1 Å². The van der Waals surface area contributed by atoms with E-state index in [2.05, 4.69) is 173 Å². The van der Waals surface area contributed by atoms with Crippen molar-refractivity contribution in [3.05, 3.63) is 193 Å². The number of hydrogen-bond donors (Lipinski definition) is 0. The van der Waals surface area contributed by atoms with Gasteiger partial charge in [-0.05, 0) is 88.5 Å². The summed E-state index contributed by atoms with van der Waals surface area (Å²) in [5.41, 5.74) is 13.1. The summed E-state index contributed by atoms with van der Waals surface area (Å²) in [4.78, 5) is 0. The smallest absolute Gasteiger partial charge is 0.101 e. The maximum Gasteiger partial charge on any atom is 0.101 e. The van der Waals surface area contributed by atoms with E-state index in [-0.39, 0.29) is 0 Å². The molecule has 0 atom stereocenters. The van der Waals surface area contributed by atoms with Crippen LogP contribution in [0.4, 0.5) is 0 Å². The van der Waals surface area contributed by atoms with Gasteiger partial charge in [0.25, 0.3) is 0 Å². The summed E-state index contributed by atoms with van der Waals surface area (Å²) in [7, 11) is 0. The zero-order chi connectivity index (χ0) is 36.2. The summed E-state index contributed by atoms with van der Waals surface area (Å²) in [6.45, 7) is 0. The minimum Gasteiger partial charge on any atom is -0.309 e. The second kappa shape index (κ2) is 12.5. The minimum absolute atomic E-state index is 0.436. The van der Waals surface area contributed by atoms with Crippen LogP contribution in [0.15, 0.2) is 182 Å². The normalized spacial score (nSPS) is 11.3. The molecule has 0 fully saturated rings. The Morgan fingerprint density at radius 2 is 0.889 bits per heavy atom. The summed E-state index contributed by atoms with van der Waals surface area (Å²) in [6.07, 6.45) is 0. The second-order valence-corrected chi connectivity index (χ2v) is 13.6. The third-order valence-corrected chi connectivity index (χ3v) is 10.6. The van der Waals surface area contributed by atoms with E-state index in [0.717, 1.165) is 88.4 Å². The predicted molar refractivity (Wildman–Crippen MR) is 221 cm³/mol. The van der Waals surface area contributed by atoms with Gasteiger partial charge < -0.3 is 9.13 Å². The summed E-state index contributed by atoms with van der Waals surface area (Å²) >= 11 is 0. The summed E-state index contributed by atoms with van der Waals surface area (Å²) < 4.78 is 4.52. The van der Waals surface area contributed by atoms with Crippen LogP contribution >= 0.6 is 0 Å². The van der Waals surface area contributed by atoms with Crippen LogP contribution in [-0.4, -0.2) is 9.13 Å². The highest BCUT2D eigenvalue weighted by Gasteiger charge is 2.22. The van der Waals surface area contributed by atoms with E-state index in [4.69, 9.17) is 0 Å². The Labute approximate surface area is 312 Å². The highest BCUT2D eigenvalue weighted by molar-refractivity contribution is 6.13. The van der Waals surface area contributed by atoms with E-state index >= 15 is 0 Å². The molecular weight excluding hydrogens is 657 g/mol. The molecule has 250 valence electrons. The van der Waals surface area contributed by atoms with Gasteiger partial charge in [-0.1, -0.05) is 121 Å². The van der Waals surface area contributed by atoms with Crippen LogP contribution in [0.5, 0.6) is 0 Å². The lowest BCUT2D eigenvalue weighted by Gasteiger charge is -2.17. The van der Waals surface area contributed by atoms with Gasteiger partial charge in [-0.15, -0.1) is 0 Å². The molecule has 0 saturated carbocycles. The van der Waals surface area contributed by atoms with Crippen molar-refractivity contribution in [2.75, 3.05) is 0 Å². The number of fused-ring (bicyclic) bond motifs is 6. The molecular formula is C50H30N4. The summed E-state index contributed by atoms with van der Waals surface area (Å²) in [6, 6.07) is 67.9. The fourth-order valence-corrected chi connectivity index (χ4v) is 8.12. The van der Waals surface area contributed by atoms with E-state index in [1.54, 1.807) is 6.07 Å². The van der Waals surface area contributed by atoms with Gasteiger partial charge in [-0.25, -0.2) is 0 Å². The first kappa shape index (κ1) is 31.1. The quantitative estimate of drug-likeness (QED) is 0.181. The van der Waals surface area contributed by atoms with Gasteiger partial charge in [0.15, 0.2) is 0 Å². The van der Waals surface area contributed by atoms with Gasteiger partial charge in [-0.3, -0.25) is 0 Å². The van der Waals surface area contributed by atoms with Gasteiger partial charge in [-0.2, -0.15) is 10.5 Å². The molecule has 4 nitrogen and oxygen atoms in total. The Morgan fingerprint density at radius 1 is 0.352 bits per heavy atom. The molecule has 54 heavy (non-hydrogen) atoms. The third kappa shape index (κ3) is 4.90. The maximum atomic E-state index is 10.8. The second-order valence-electron chi connectivity index (χ2n) is 13.6. The fourth-order valence-electron chi connectivity index (χ4n) is 8.12. The molecule has 0 aliphatic carbocycles. The molecule has 0 bridgehead atoms. The topological polar surface area (TPSA) is 57.4 Å². The van der Waals surface area contributed by atoms with Gasteiger partial charge in [0.1, 0.15) is 6.07 Å². The van der Waals surface area contributed by atoms with Crippen molar-refractivity contribution in [2.24, 2.45) is 0 Å². The molecule has 4 heteroatoms. The molecule has 0 aliphatic heterocycles. The molecule has 0 saturated heterocycles. The number of rotatable bonds is 5. The van der Waals surface area contributed by atoms with Crippen molar-refractivity contribution < 1.29 is 0 Å². The van der Waals surface area contributed by atoms with Crippen LogP contribution in [0.3, 0.4) is 0 Å². The van der Waals surface area contributed by atoms with Crippen molar-refractivity contribution in [3.8, 4) is 56.9 Å². The average molecular weight is 687 g/mol. The molecule has 0 amide bonds. The van der Waals surface area contributed by atoms with Crippen molar-refractivity contribution in [2.45, 2.75) is 0 Å².